The van der Waals surface area contributed by atoms with Crippen LogP contribution >= 0.6 is 23.2 Å². The Balaban J connectivity index is 2.34. The third kappa shape index (κ3) is 3.54. The molecular weight excluding hydrogens is 313 g/mol. The molecule has 108 valence electrons. The number of aryl methyl sites for hydroxylation is 1. The molecule has 2 rings (SSSR count). The molecule has 0 saturated carbocycles. The summed E-state index contributed by atoms with van der Waals surface area (Å²) in [5.41, 5.74) is 1.27. The van der Waals surface area contributed by atoms with E-state index in [1.165, 1.54) is 18.2 Å². The molecule has 0 fully saturated rings. The van der Waals surface area contributed by atoms with Crippen molar-refractivity contribution in [3.8, 4) is 0 Å². The van der Waals surface area contributed by atoms with Gasteiger partial charge in [0, 0.05) is 5.02 Å². The summed E-state index contributed by atoms with van der Waals surface area (Å²) < 4.78 is 0. The Labute approximate surface area is 131 Å². The third-order valence-corrected chi connectivity index (χ3v) is 3.38. The molecule has 2 aromatic rings. The van der Waals surface area contributed by atoms with Crippen molar-refractivity contribution in [2.75, 3.05) is 5.32 Å². The number of anilines is 1. The summed E-state index contributed by atoms with van der Waals surface area (Å²) in [7, 11) is 0. The second-order valence-corrected chi connectivity index (χ2v) is 5.28. The summed E-state index contributed by atoms with van der Waals surface area (Å²) in [6.07, 6.45) is 0. The van der Waals surface area contributed by atoms with Crippen molar-refractivity contribution in [2.45, 2.75) is 6.92 Å². The van der Waals surface area contributed by atoms with E-state index < -0.39 is 11.9 Å². The van der Waals surface area contributed by atoms with E-state index in [0.717, 1.165) is 5.56 Å². The molecule has 0 bridgehead atoms. The van der Waals surface area contributed by atoms with Gasteiger partial charge in [-0.15, -0.1) is 0 Å². The summed E-state index contributed by atoms with van der Waals surface area (Å²) in [5, 5.41) is 12.2. The van der Waals surface area contributed by atoms with Crippen molar-refractivity contribution >= 4 is 40.8 Å². The summed E-state index contributed by atoms with van der Waals surface area (Å²) in [5.74, 6) is -1.66. The zero-order chi connectivity index (χ0) is 15.6. The number of carboxylic acids is 1. The van der Waals surface area contributed by atoms with Crippen LogP contribution in [-0.2, 0) is 0 Å². The van der Waals surface area contributed by atoms with Crippen LogP contribution in [0.2, 0.25) is 10.0 Å². The van der Waals surface area contributed by atoms with Gasteiger partial charge in [-0.1, -0.05) is 29.3 Å². The van der Waals surface area contributed by atoms with E-state index in [9.17, 15) is 9.59 Å². The van der Waals surface area contributed by atoms with Crippen molar-refractivity contribution in [3.05, 3.63) is 63.1 Å². The molecule has 0 atom stereocenters. The van der Waals surface area contributed by atoms with Crippen LogP contribution in [0.3, 0.4) is 0 Å². The van der Waals surface area contributed by atoms with Gasteiger partial charge in [0.25, 0.3) is 5.91 Å². The topological polar surface area (TPSA) is 66.4 Å². The second kappa shape index (κ2) is 6.16. The lowest BCUT2D eigenvalue weighted by molar-refractivity contribution is 0.0698. The van der Waals surface area contributed by atoms with Crippen LogP contribution in [0, 0.1) is 6.92 Å². The third-order valence-electron chi connectivity index (χ3n) is 2.83. The van der Waals surface area contributed by atoms with Crippen molar-refractivity contribution in [1.29, 1.82) is 0 Å². The average Bonchev–Trinajstić information content (AvgIpc) is 2.40. The number of carboxylic acid groups (broad SMARTS) is 1. The molecule has 21 heavy (non-hydrogen) atoms. The lowest BCUT2D eigenvalue weighted by atomic mass is 10.1. The van der Waals surface area contributed by atoms with Crippen LogP contribution < -0.4 is 5.32 Å². The van der Waals surface area contributed by atoms with E-state index >= 15 is 0 Å². The zero-order valence-electron chi connectivity index (χ0n) is 11.0. The van der Waals surface area contributed by atoms with E-state index in [1.54, 1.807) is 18.2 Å². The molecule has 0 radical (unpaired) electrons. The van der Waals surface area contributed by atoms with Gasteiger partial charge in [-0.3, -0.25) is 4.79 Å². The maximum absolute atomic E-state index is 12.2. The predicted octanol–water partition coefficient (Wildman–Crippen LogP) is 4.25. The monoisotopic (exact) mass is 323 g/mol. The molecule has 2 aromatic carbocycles. The standard InChI is InChI=1S/C15H11Cl2NO3/c1-8-2-4-10(12(17)6-8)14(19)18-13-5-3-9(16)7-11(13)15(20)21/h2-7H,1H3,(H,18,19)(H,20,21). The van der Waals surface area contributed by atoms with Gasteiger partial charge in [0.2, 0.25) is 0 Å². The van der Waals surface area contributed by atoms with Crippen LogP contribution in [0.5, 0.6) is 0 Å². The zero-order valence-corrected chi connectivity index (χ0v) is 12.5. The Bertz CT molecular complexity index is 729. The van der Waals surface area contributed by atoms with E-state index in [0.29, 0.717) is 5.02 Å². The number of hydrogen-bond acceptors (Lipinski definition) is 2. The first kappa shape index (κ1) is 15.4. The molecule has 2 N–H and O–H groups in total. The Morgan fingerprint density at radius 3 is 2.38 bits per heavy atom. The average molecular weight is 324 g/mol. The van der Waals surface area contributed by atoms with Gasteiger partial charge in [0.15, 0.2) is 0 Å². The Hall–Kier alpha value is -2.04. The van der Waals surface area contributed by atoms with Crippen molar-refractivity contribution < 1.29 is 14.7 Å². The molecule has 0 aromatic heterocycles. The quantitative estimate of drug-likeness (QED) is 0.887. The smallest absolute Gasteiger partial charge is 0.337 e. The van der Waals surface area contributed by atoms with Crippen LogP contribution in [0.15, 0.2) is 36.4 Å². The molecule has 0 saturated heterocycles. The van der Waals surface area contributed by atoms with Crippen molar-refractivity contribution in [2.24, 2.45) is 0 Å². The van der Waals surface area contributed by atoms with Crippen LogP contribution in [0.1, 0.15) is 26.3 Å². The highest BCUT2D eigenvalue weighted by Crippen LogP contribution is 2.23. The molecular formula is C15H11Cl2NO3. The van der Waals surface area contributed by atoms with E-state index in [4.69, 9.17) is 28.3 Å². The van der Waals surface area contributed by atoms with Crippen molar-refractivity contribution in [3.63, 3.8) is 0 Å². The SMILES string of the molecule is Cc1ccc(C(=O)Nc2ccc(Cl)cc2C(=O)O)c(Cl)c1. The minimum Gasteiger partial charge on any atom is -0.478 e. The van der Waals surface area contributed by atoms with E-state index in [2.05, 4.69) is 5.32 Å². The van der Waals surface area contributed by atoms with Gasteiger partial charge in [0.1, 0.15) is 0 Å². The minimum atomic E-state index is -1.18. The Kier molecular flexibility index (Phi) is 4.50. The fraction of sp³-hybridized carbons (Fsp3) is 0.0667. The highest BCUT2D eigenvalue weighted by Gasteiger charge is 2.16. The second-order valence-electron chi connectivity index (χ2n) is 4.43. The van der Waals surface area contributed by atoms with Crippen LogP contribution in [0.4, 0.5) is 5.69 Å². The Morgan fingerprint density at radius 2 is 1.76 bits per heavy atom. The molecule has 1 amide bonds. The molecule has 4 nitrogen and oxygen atoms in total. The maximum atomic E-state index is 12.2. The molecule has 0 aliphatic rings. The van der Waals surface area contributed by atoms with E-state index in [1.807, 2.05) is 6.92 Å². The number of hydrogen-bond donors (Lipinski definition) is 2. The van der Waals surface area contributed by atoms with Gasteiger partial charge < -0.3 is 10.4 Å². The first-order valence-electron chi connectivity index (χ1n) is 5.99. The number of aromatic carboxylic acids is 1. The normalized spacial score (nSPS) is 10.2. The van der Waals surface area contributed by atoms with Crippen LogP contribution in [0.25, 0.3) is 0 Å². The van der Waals surface area contributed by atoms with Crippen molar-refractivity contribution in [1.82, 2.24) is 0 Å². The summed E-state index contributed by atoms with van der Waals surface area (Å²) in [6.45, 7) is 1.86. The molecule has 0 aliphatic carbocycles. The van der Waals surface area contributed by atoms with Gasteiger partial charge in [-0.2, -0.15) is 0 Å². The maximum Gasteiger partial charge on any atom is 0.337 e. The number of halogens is 2. The highest BCUT2D eigenvalue weighted by atomic mass is 35.5. The number of carbonyl (C=O) groups excluding carboxylic acids is 1. The fourth-order valence-corrected chi connectivity index (χ4v) is 2.29. The summed E-state index contributed by atoms with van der Waals surface area (Å²) in [4.78, 5) is 23.4. The summed E-state index contributed by atoms with van der Waals surface area (Å²) in [6, 6.07) is 9.21. The number of carbonyl (C=O) groups is 2. The largest absolute Gasteiger partial charge is 0.478 e. The lowest BCUT2D eigenvalue weighted by Crippen LogP contribution is -2.15. The minimum absolute atomic E-state index is 0.0842. The fourth-order valence-electron chi connectivity index (χ4n) is 1.80. The van der Waals surface area contributed by atoms with Gasteiger partial charge in [0.05, 0.1) is 21.8 Å². The molecule has 6 heteroatoms. The van der Waals surface area contributed by atoms with Crippen LogP contribution in [-0.4, -0.2) is 17.0 Å². The first-order chi connectivity index (χ1) is 9.88. The molecule has 0 heterocycles. The van der Waals surface area contributed by atoms with Gasteiger partial charge in [-0.25, -0.2) is 4.79 Å². The summed E-state index contributed by atoms with van der Waals surface area (Å²) >= 11 is 11.8. The van der Waals surface area contributed by atoms with Gasteiger partial charge in [-0.05, 0) is 42.8 Å². The first-order valence-corrected chi connectivity index (χ1v) is 6.74. The number of benzene rings is 2. The number of nitrogens with one attached hydrogen (secondary N) is 1. The number of amides is 1. The Morgan fingerprint density at radius 1 is 1.05 bits per heavy atom. The molecule has 0 spiro atoms. The lowest BCUT2D eigenvalue weighted by Gasteiger charge is -2.10. The predicted molar refractivity (Wildman–Crippen MR) is 82.6 cm³/mol. The molecule has 0 aliphatic heterocycles. The number of rotatable bonds is 3. The molecule has 0 unspecified atom stereocenters. The van der Waals surface area contributed by atoms with E-state index in [-0.39, 0.29) is 21.8 Å². The van der Waals surface area contributed by atoms with Gasteiger partial charge >= 0.3 is 5.97 Å². The highest BCUT2D eigenvalue weighted by molar-refractivity contribution is 6.34.